The van der Waals surface area contributed by atoms with Crippen LogP contribution in [0.3, 0.4) is 0 Å². The zero-order valence-corrected chi connectivity index (χ0v) is 11.2. The standard InChI is InChI=1S/C11H19N3O2S/c1-13(2)7-8-14(17(3,15)16)11-6-4-5-10(12)9-11/h4-6,9H,7-8,12H2,1-3H3. The van der Waals surface area contributed by atoms with E-state index in [4.69, 9.17) is 5.73 Å². The highest BCUT2D eigenvalue weighted by atomic mass is 32.2. The molecule has 1 aromatic rings. The molecular weight excluding hydrogens is 238 g/mol. The van der Waals surface area contributed by atoms with Crippen LogP contribution >= 0.6 is 0 Å². The van der Waals surface area contributed by atoms with Crippen LogP contribution in [0.4, 0.5) is 11.4 Å². The van der Waals surface area contributed by atoms with E-state index in [1.54, 1.807) is 24.3 Å². The summed E-state index contributed by atoms with van der Waals surface area (Å²) in [5.74, 6) is 0. The first kappa shape index (κ1) is 13.8. The first-order chi connectivity index (χ1) is 7.80. The fraction of sp³-hybridized carbons (Fsp3) is 0.455. The van der Waals surface area contributed by atoms with Gasteiger partial charge in [-0.05, 0) is 32.3 Å². The Bertz CT molecular complexity index is 471. The molecule has 0 saturated heterocycles. The van der Waals surface area contributed by atoms with Gasteiger partial charge in [-0.2, -0.15) is 0 Å². The second-order valence-corrected chi connectivity index (χ2v) is 6.14. The largest absolute Gasteiger partial charge is 0.399 e. The molecule has 0 radical (unpaired) electrons. The quantitative estimate of drug-likeness (QED) is 0.784. The summed E-state index contributed by atoms with van der Waals surface area (Å²) < 4.78 is 24.8. The average Bonchev–Trinajstić information content (AvgIpc) is 2.15. The van der Waals surface area contributed by atoms with E-state index in [-0.39, 0.29) is 0 Å². The third-order valence-corrected chi connectivity index (χ3v) is 3.50. The van der Waals surface area contributed by atoms with Crippen LogP contribution in [0.2, 0.25) is 0 Å². The Morgan fingerprint density at radius 1 is 1.24 bits per heavy atom. The van der Waals surface area contributed by atoms with Crippen molar-refractivity contribution >= 4 is 21.4 Å². The number of hydrogen-bond acceptors (Lipinski definition) is 4. The van der Waals surface area contributed by atoms with Crippen molar-refractivity contribution in [2.45, 2.75) is 0 Å². The molecule has 0 aliphatic rings. The number of anilines is 2. The molecule has 0 spiro atoms. The predicted octanol–water partition coefficient (Wildman–Crippen LogP) is 0.596. The van der Waals surface area contributed by atoms with Crippen LogP contribution in [-0.4, -0.2) is 46.8 Å². The summed E-state index contributed by atoms with van der Waals surface area (Å²) in [5, 5.41) is 0. The average molecular weight is 257 g/mol. The zero-order valence-electron chi connectivity index (χ0n) is 10.4. The summed E-state index contributed by atoms with van der Waals surface area (Å²) in [6.45, 7) is 1.07. The summed E-state index contributed by atoms with van der Waals surface area (Å²) in [7, 11) is 0.526. The van der Waals surface area contributed by atoms with Crippen LogP contribution in [0.15, 0.2) is 24.3 Å². The third kappa shape index (κ3) is 4.24. The lowest BCUT2D eigenvalue weighted by molar-refractivity contribution is 0.419. The van der Waals surface area contributed by atoms with E-state index in [1.807, 2.05) is 19.0 Å². The summed E-state index contributed by atoms with van der Waals surface area (Å²) >= 11 is 0. The lowest BCUT2D eigenvalue weighted by atomic mass is 10.3. The van der Waals surface area contributed by atoms with Crippen molar-refractivity contribution in [3.63, 3.8) is 0 Å². The number of nitrogens with zero attached hydrogens (tertiary/aromatic N) is 2. The lowest BCUT2D eigenvalue weighted by Crippen LogP contribution is -2.36. The van der Waals surface area contributed by atoms with Crippen molar-refractivity contribution in [3.05, 3.63) is 24.3 Å². The molecule has 0 fully saturated rings. The van der Waals surface area contributed by atoms with Gasteiger partial charge in [0.15, 0.2) is 0 Å². The van der Waals surface area contributed by atoms with Crippen molar-refractivity contribution in [2.75, 3.05) is 43.5 Å². The molecule has 0 aliphatic carbocycles. The number of benzene rings is 1. The van der Waals surface area contributed by atoms with Crippen LogP contribution in [0, 0.1) is 0 Å². The van der Waals surface area contributed by atoms with Crippen LogP contribution < -0.4 is 10.0 Å². The van der Waals surface area contributed by atoms with Gasteiger partial charge in [0, 0.05) is 18.8 Å². The van der Waals surface area contributed by atoms with Gasteiger partial charge in [0.25, 0.3) is 0 Å². The van der Waals surface area contributed by atoms with Gasteiger partial charge >= 0.3 is 0 Å². The Hall–Kier alpha value is -1.27. The van der Waals surface area contributed by atoms with Gasteiger partial charge in [0.2, 0.25) is 10.0 Å². The first-order valence-corrected chi connectivity index (χ1v) is 7.13. The van der Waals surface area contributed by atoms with E-state index in [9.17, 15) is 8.42 Å². The minimum Gasteiger partial charge on any atom is -0.399 e. The van der Waals surface area contributed by atoms with Crippen molar-refractivity contribution in [2.24, 2.45) is 0 Å². The Morgan fingerprint density at radius 3 is 2.35 bits per heavy atom. The Kier molecular flexibility index (Phi) is 4.36. The van der Waals surface area contributed by atoms with E-state index >= 15 is 0 Å². The molecule has 1 rings (SSSR count). The summed E-state index contributed by atoms with van der Waals surface area (Å²) in [5.41, 5.74) is 6.83. The first-order valence-electron chi connectivity index (χ1n) is 5.28. The maximum absolute atomic E-state index is 11.7. The molecule has 0 aliphatic heterocycles. The molecule has 5 nitrogen and oxygen atoms in total. The van der Waals surface area contributed by atoms with E-state index < -0.39 is 10.0 Å². The number of nitrogen functional groups attached to an aromatic ring is 1. The van der Waals surface area contributed by atoms with E-state index in [2.05, 4.69) is 0 Å². The van der Waals surface area contributed by atoms with Gasteiger partial charge < -0.3 is 10.6 Å². The van der Waals surface area contributed by atoms with Gasteiger partial charge in [0.1, 0.15) is 0 Å². The SMILES string of the molecule is CN(C)CCN(c1cccc(N)c1)S(C)(=O)=O. The predicted molar refractivity (Wildman–Crippen MR) is 71.6 cm³/mol. The molecule has 96 valence electrons. The van der Waals surface area contributed by atoms with Crippen molar-refractivity contribution in [1.29, 1.82) is 0 Å². The maximum atomic E-state index is 11.7. The molecule has 0 bridgehead atoms. The molecule has 17 heavy (non-hydrogen) atoms. The van der Waals surface area contributed by atoms with Crippen LogP contribution in [-0.2, 0) is 10.0 Å². The van der Waals surface area contributed by atoms with Gasteiger partial charge in [-0.3, -0.25) is 4.31 Å². The summed E-state index contributed by atoms with van der Waals surface area (Å²) in [6.07, 6.45) is 1.20. The third-order valence-electron chi connectivity index (χ3n) is 2.31. The molecular formula is C11H19N3O2S. The topological polar surface area (TPSA) is 66.6 Å². The van der Waals surface area contributed by atoms with Crippen molar-refractivity contribution in [1.82, 2.24) is 4.90 Å². The lowest BCUT2D eigenvalue weighted by Gasteiger charge is -2.24. The molecule has 6 heteroatoms. The molecule has 0 atom stereocenters. The van der Waals surface area contributed by atoms with Gasteiger partial charge in [-0.25, -0.2) is 8.42 Å². The second kappa shape index (κ2) is 5.37. The molecule has 0 saturated carbocycles. The normalized spacial score (nSPS) is 11.8. The van der Waals surface area contributed by atoms with Gasteiger partial charge in [-0.1, -0.05) is 6.07 Å². The Balaban J connectivity index is 2.99. The van der Waals surface area contributed by atoms with Gasteiger partial charge in [0.05, 0.1) is 11.9 Å². The monoisotopic (exact) mass is 257 g/mol. The van der Waals surface area contributed by atoms with Crippen LogP contribution in [0.25, 0.3) is 0 Å². The molecule has 0 unspecified atom stereocenters. The van der Waals surface area contributed by atoms with Crippen molar-refractivity contribution in [3.8, 4) is 0 Å². The summed E-state index contributed by atoms with van der Waals surface area (Å²) in [4.78, 5) is 1.93. The van der Waals surface area contributed by atoms with Gasteiger partial charge in [-0.15, -0.1) is 0 Å². The molecule has 1 aromatic carbocycles. The van der Waals surface area contributed by atoms with E-state index in [0.29, 0.717) is 24.5 Å². The number of likely N-dealkylation sites (N-methyl/N-ethyl adjacent to an activating group) is 1. The highest BCUT2D eigenvalue weighted by molar-refractivity contribution is 7.92. The molecule has 0 heterocycles. The van der Waals surface area contributed by atoms with E-state index in [1.165, 1.54) is 10.6 Å². The van der Waals surface area contributed by atoms with Crippen molar-refractivity contribution < 1.29 is 8.42 Å². The number of nitrogens with two attached hydrogens (primary N) is 1. The fourth-order valence-electron chi connectivity index (χ4n) is 1.46. The zero-order chi connectivity index (χ0) is 13.1. The summed E-state index contributed by atoms with van der Waals surface area (Å²) in [6, 6.07) is 6.89. The number of rotatable bonds is 5. The minimum absolute atomic E-state index is 0.412. The maximum Gasteiger partial charge on any atom is 0.232 e. The minimum atomic E-state index is -3.28. The molecule has 0 amide bonds. The number of sulfonamides is 1. The van der Waals surface area contributed by atoms with E-state index in [0.717, 1.165) is 0 Å². The second-order valence-electron chi connectivity index (χ2n) is 4.23. The number of hydrogen-bond donors (Lipinski definition) is 1. The molecule has 0 aromatic heterocycles. The highest BCUT2D eigenvalue weighted by Gasteiger charge is 2.17. The van der Waals surface area contributed by atoms with Crippen LogP contribution in [0.1, 0.15) is 0 Å². The smallest absolute Gasteiger partial charge is 0.232 e. The highest BCUT2D eigenvalue weighted by Crippen LogP contribution is 2.19. The fourth-order valence-corrected chi connectivity index (χ4v) is 2.37. The van der Waals surface area contributed by atoms with Crippen LogP contribution in [0.5, 0.6) is 0 Å². The Labute approximate surface area is 103 Å². The molecule has 2 N–H and O–H groups in total. The Morgan fingerprint density at radius 2 is 1.88 bits per heavy atom.